The number of carboxylic acid groups (broad SMARTS) is 1. The van der Waals surface area contributed by atoms with Gasteiger partial charge >= 0.3 is 12.0 Å². The summed E-state index contributed by atoms with van der Waals surface area (Å²) in [5.41, 5.74) is 0.578. The highest BCUT2D eigenvalue weighted by Crippen LogP contribution is 2.13. The minimum Gasteiger partial charge on any atom is -0.480 e. The summed E-state index contributed by atoms with van der Waals surface area (Å²) in [6, 6.07) is 4.72. The number of carboxylic acids is 1. The van der Waals surface area contributed by atoms with Crippen molar-refractivity contribution in [1.29, 1.82) is 0 Å². The van der Waals surface area contributed by atoms with Crippen LogP contribution in [0.3, 0.4) is 0 Å². The summed E-state index contributed by atoms with van der Waals surface area (Å²) in [6.45, 7) is 1.06. The van der Waals surface area contributed by atoms with Crippen LogP contribution in [0.2, 0.25) is 0 Å². The Morgan fingerprint density at radius 3 is 2.80 bits per heavy atom. The van der Waals surface area contributed by atoms with Gasteiger partial charge in [-0.2, -0.15) is 0 Å². The van der Waals surface area contributed by atoms with E-state index >= 15 is 0 Å². The molecule has 0 aliphatic carbocycles. The molecule has 6 heteroatoms. The molecule has 0 heterocycles. The fourth-order valence-corrected chi connectivity index (χ4v) is 1.61. The zero-order valence-corrected chi connectivity index (χ0v) is 11.0. The molecule has 1 rings (SSSR count). The number of carbonyl (C=O) groups is 2. The topological polar surface area (TPSA) is 69.6 Å². The number of terminal acetylenes is 1. The number of hydrogen-bond donors (Lipinski definition) is 2. The van der Waals surface area contributed by atoms with Crippen LogP contribution in [0.25, 0.3) is 0 Å². The molecule has 0 fully saturated rings. The van der Waals surface area contributed by atoms with Crippen LogP contribution in [-0.4, -0.2) is 35.1 Å². The van der Waals surface area contributed by atoms with Crippen molar-refractivity contribution in [1.82, 2.24) is 10.2 Å². The molecule has 0 aliphatic rings. The van der Waals surface area contributed by atoms with Crippen LogP contribution in [0.5, 0.6) is 0 Å². The van der Waals surface area contributed by atoms with Crippen molar-refractivity contribution >= 4 is 12.0 Å². The summed E-state index contributed by atoms with van der Waals surface area (Å²) in [5, 5.41) is 11.3. The van der Waals surface area contributed by atoms with Gasteiger partial charge in [-0.25, -0.2) is 9.18 Å². The Hall–Kier alpha value is -2.55. The second-order valence-corrected chi connectivity index (χ2v) is 4.18. The van der Waals surface area contributed by atoms with Crippen molar-refractivity contribution in [3.8, 4) is 12.3 Å². The molecule has 0 aliphatic heterocycles. The van der Waals surface area contributed by atoms with Crippen molar-refractivity contribution in [3.05, 3.63) is 35.6 Å². The molecule has 0 bridgehead atoms. The normalized spacial score (nSPS) is 11.2. The van der Waals surface area contributed by atoms with Crippen LogP contribution in [-0.2, 0) is 4.79 Å². The van der Waals surface area contributed by atoms with E-state index in [0.29, 0.717) is 5.56 Å². The molecule has 0 saturated heterocycles. The quantitative estimate of drug-likeness (QED) is 0.804. The third-order valence-corrected chi connectivity index (χ3v) is 2.58. The second-order valence-electron chi connectivity index (χ2n) is 4.18. The molecule has 2 N–H and O–H groups in total. The van der Waals surface area contributed by atoms with Crippen molar-refractivity contribution in [2.45, 2.75) is 13.0 Å². The Labute approximate surface area is 116 Å². The summed E-state index contributed by atoms with van der Waals surface area (Å²) in [4.78, 5) is 23.5. The number of amides is 2. The lowest BCUT2D eigenvalue weighted by atomic mass is 10.1. The zero-order chi connectivity index (χ0) is 15.1. The van der Waals surface area contributed by atoms with Crippen molar-refractivity contribution in [3.63, 3.8) is 0 Å². The highest BCUT2D eigenvalue weighted by molar-refractivity contribution is 5.80. The van der Waals surface area contributed by atoms with Crippen molar-refractivity contribution in [2.75, 3.05) is 13.1 Å². The van der Waals surface area contributed by atoms with E-state index in [4.69, 9.17) is 11.5 Å². The smallest absolute Gasteiger partial charge is 0.323 e. The number of carbonyl (C=O) groups excluding carboxylic acids is 1. The predicted molar refractivity (Wildman–Crippen MR) is 71.4 cm³/mol. The molecule has 1 unspecified atom stereocenters. The SMILES string of the molecule is C#CCN(CC(=O)O)C(=O)NC(C)c1cccc(F)c1. The summed E-state index contributed by atoms with van der Waals surface area (Å²) >= 11 is 0. The lowest BCUT2D eigenvalue weighted by Gasteiger charge is -2.22. The molecule has 1 atom stereocenters. The van der Waals surface area contributed by atoms with Gasteiger partial charge in [-0.3, -0.25) is 4.79 Å². The molecule has 0 saturated carbocycles. The second kappa shape index (κ2) is 7.14. The first kappa shape index (κ1) is 15.5. The third-order valence-electron chi connectivity index (χ3n) is 2.58. The third kappa shape index (κ3) is 4.61. The molecule has 0 spiro atoms. The van der Waals surface area contributed by atoms with E-state index in [1.165, 1.54) is 18.2 Å². The van der Waals surface area contributed by atoms with Gasteiger partial charge in [-0.1, -0.05) is 18.1 Å². The van der Waals surface area contributed by atoms with E-state index in [9.17, 15) is 14.0 Å². The number of aliphatic carboxylic acids is 1. The number of nitrogens with one attached hydrogen (secondary N) is 1. The van der Waals surface area contributed by atoms with Gasteiger partial charge in [0.05, 0.1) is 12.6 Å². The summed E-state index contributed by atoms with van der Waals surface area (Å²) in [7, 11) is 0. The number of rotatable bonds is 5. The predicted octanol–water partition coefficient (Wildman–Crippen LogP) is 1.62. The fourth-order valence-electron chi connectivity index (χ4n) is 1.61. The lowest BCUT2D eigenvalue weighted by molar-refractivity contribution is -0.137. The van der Waals surface area contributed by atoms with Gasteiger partial charge in [-0.15, -0.1) is 6.42 Å². The van der Waals surface area contributed by atoms with Gasteiger partial charge in [0.1, 0.15) is 12.4 Å². The maximum atomic E-state index is 13.1. The highest BCUT2D eigenvalue weighted by Gasteiger charge is 2.18. The van der Waals surface area contributed by atoms with Gasteiger partial charge in [0.15, 0.2) is 0 Å². The molecule has 106 valence electrons. The molecule has 0 aromatic heterocycles. The Kier molecular flexibility index (Phi) is 5.54. The van der Waals surface area contributed by atoms with Crippen molar-refractivity contribution < 1.29 is 19.1 Å². The molecule has 20 heavy (non-hydrogen) atoms. The number of hydrogen-bond acceptors (Lipinski definition) is 2. The van der Waals surface area contributed by atoms with E-state index < -0.39 is 30.4 Å². The van der Waals surface area contributed by atoms with Crippen LogP contribution >= 0.6 is 0 Å². The lowest BCUT2D eigenvalue weighted by Crippen LogP contribution is -2.43. The van der Waals surface area contributed by atoms with Crippen LogP contribution in [0.1, 0.15) is 18.5 Å². The average Bonchev–Trinajstić information content (AvgIpc) is 2.37. The monoisotopic (exact) mass is 278 g/mol. The molecule has 2 amide bonds. The Bertz CT molecular complexity index is 539. The largest absolute Gasteiger partial charge is 0.480 e. The van der Waals surface area contributed by atoms with Crippen LogP contribution < -0.4 is 5.32 Å². The van der Waals surface area contributed by atoms with E-state index in [1.807, 2.05) is 0 Å². The van der Waals surface area contributed by atoms with Gasteiger partial charge in [0.2, 0.25) is 0 Å². The van der Waals surface area contributed by atoms with Crippen molar-refractivity contribution in [2.24, 2.45) is 0 Å². The summed E-state index contributed by atoms with van der Waals surface area (Å²) < 4.78 is 13.1. The van der Waals surface area contributed by atoms with E-state index in [2.05, 4.69) is 11.2 Å². The first-order valence-electron chi connectivity index (χ1n) is 5.90. The standard InChI is InChI=1S/C14H15FN2O3/c1-3-7-17(9-13(18)19)14(20)16-10(2)11-5-4-6-12(15)8-11/h1,4-6,8,10H,7,9H2,2H3,(H,16,20)(H,18,19). The number of urea groups is 1. The average molecular weight is 278 g/mol. The first-order chi connectivity index (χ1) is 9.43. The van der Waals surface area contributed by atoms with E-state index in [-0.39, 0.29) is 6.54 Å². The van der Waals surface area contributed by atoms with Crippen LogP contribution in [0.4, 0.5) is 9.18 Å². The first-order valence-corrected chi connectivity index (χ1v) is 5.90. The van der Waals surface area contributed by atoms with Gasteiger partial charge in [-0.05, 0) is 24.6 Å². The maximum Gasteiger partial charge on any atom is 0.323 e. The van der Waals surface area contributed by atoms with Gasteiger partial charge in [0, 0.05) is 0 Å². The Morgan fingerprint density at radius 2 is 2.25 bits per heavy atom. The molecule has 1 aromatic carbocycles. The maximum absolute atomic E-state index is 13.1. The summed E-state index contributed by atoms with van der Waals surface area (Å²) in [5.74, 6) is 0.652. The molecular formula is C14H15FN2O3. The van der Waals surface area contributed by atoms with Crippen LogP contribution in [0, 0.1) is 18.2 Å². The van der Waals surface area contributed by atoms with Crippen LogP contribution in [0.15, 0.2) is 24.3 Å². The van der Waals surface area contributed by atoms with Gasteiger partial charge in [0.25, 0.3) is 0 Å². The zero-order valence-electron chi connectivity index (χ0n) is 11.0. The molecular weight excluding hydrogens is 263 g/mol. The van der Waals surface area contributed by atoms with E-state index in [1.54, 1.807) is 13.0 Å². The molecule has 5 nitrogen and oxygen atoms in total. The van der Waals surface area contributed by atoms with E-state index in [0.717, 1.165) is 4.90 Å². The highest BCUT2D eigenvalue weighted by atomic mass is 19.1. The number of benzene rings is 1. The Morgan fingerprint density at radius 1 is 1.55 bits per heavy atom. The molecule has 0 radical (unpaired) electrons. The number of halogens is 1. The minimum absolute atomic E-state index is 0.117. The van der Waals surface area contributed by atoms with Gasteiger partial charge < -0.3 is 15.3 Å². The minimum atomic E-state index is -1.16. The molecule has 1 aromatic rings. The fraction of sp³-hybridized carbons (Fsp3) is 0.286. The summed E-state index contributed by atoms with van der Waals surface area (Å²) in [6.07, 6.45) is 5.09. The Balaban J connectivity index is 2.72. The number of nitrogens with zero attached hydrogens (tertiary/aromatic N) is 1.